The molecule has 0 aliphatic rings. The van der Waals surface area contributed by atoms with E-state index in [1.165, 1.54) is 16.5 Å². The molecule has 11 heavy (non-hydrogen) atoms. The number of aromatic nitrogens is 2. The SMILES string of the molecule is CCc1c[nH]c2ccncc12.[HH]. The number of aromatic amines is 1. The first-order chi connectivity index (χ1) is 5.42. The van der Waals surface area contributed by atoms with E-state index >= 15 is 0 Å². The molecule has 2 aromatic rings. The van der Waals surface area contributed by atoms with Crippen molar-refractivity contribution in [1.29, 1.82) is 0 Å². The first-order valence-corrected chi connectivity index (χ1v) is 3.82. The Hall–Kier alpha value is -1.31. The van der Waals surface area contributed by atoms with Gasteiger partial charge in [0, 0.05) is 30.9 Å². The van der Waals surface area contributed by atoms with Crippen LogP contribution in [0.3, 0.4) is 0 Å². The van der Waals surface area contributed by atoms with E-state index < -0.39 is 0 Å². The van der Waals surface area contributed by atoms with E-state index in [-0.39, 0.29) is 1.43 Å². The molecule has 0 amide bonds. The van der Waals surface area contributed by atoms with Crippen molar-refractivity contribution in [2.24, 2.45) is 0 Å². The van der Waals surface area contributed by atoms with Gasteiger partial charge < -0.3 is 4.98 Å². The van der Waals surface area contributed by atoms with Gasteiger partial charge >= 0.3 is 0 Å². The molecule has 0 bridgehead atoms. The number of fused-ring (bicyclic) bond motifs is 1. The van der Waals surface area contributed by atoms with Gasteiger partial charge in [0.1, 0.15) is 0 Å². The minimum absolute atomic E-state index is 0. The Kier molecular flexibility index (Phi) is 1.39. The van der Waals surface area contributed by atoms with Crippen molar-refractivity contribution < 1.29 is 1.43 Å². The minimum Gasteiger partial charge on any atom is -0.361 e. The Morgan fingerprint density at radius 1 is 1.64 bits per heavy atom. The molecule has 0 aliphatic carbocycles. The summed E-state index contributed by atoms with van der Waals surface area (Å²) < 4.78 is 0. The Bertz CT molecular complexity index is 367. The molecule has 58 valence electrons. The van der Waals surface area contributed by atoms with E-state index in [4.69, 9.17) is 0 Å². The summed E-state index contributed by atoms with van der Waals surface area (Å²) in [6, 6.07) is 1.99. The van der Waals surface area contributed by atoms with Crippen LogP contribution in [0, 0.1) is 0 Å². The molecule has 2 nitrogen and oxygen atoms in total. The fourth-order valence-electron chi connectivity index (χ4n) is 1.31. The van der Waals surface area contributed by atoms with Gasteiger partial charge in [-0.15, -0.1) is 0 Å². The maximum atomic E-state index is 4.07. The number of hydrogen-bond acceptors (Lipinski definition) is 1. The van der Waals surface area contributed by atoms with Crippen LogP contribution in [0.1, 0.15) is 13.9 Å². The molecule has 0 aromatic carbocycles. The van der Waals surface area contributed by atoms with Crippen LogP contribution in [0.5, 0.6) is 0 Å². The van der Waals surface area contributed by atoms with Gasteiger partial charge in [-0.2, -0.15) is 0 Å². The van der Waals surface area contributed by atoms with E-state index in [0.717, 1.165) is 6.42 Å². The topological polar surface area (TPSA) is 28.7 Å². The van der Waals surface area contributed by atoms with Gasteiger partial charge in [-0.1, -0.05) is 6.92 Å². The summed E-state index contributed by atoms with van der Waals surface area (Å²) in [5.74, 6) is 0. The van der Waals surface area contributed by atoms with Gasteiger partial charge in [0.15, 0.2) is 0 Å². The lowest BCUT2D eigenvalue weighted by Gasteiger charge is -1.89. The molecule has 2 rings (SSSR count). The lowest BCUT2D eigenvalue weighted by Crippen LogP contribution is -1.75. The van der Waals surface area contributed by atoms with Crippen molar-refractivity contribution in [2.45, 2.75) is 13.3 Å². The van der Waals surface area contributed by atoms with E-state index in [1.54, 1.807) is 6.20 Å². The van der Waals surface area contributed by atoms with Crippen molar-refractivity contribution >= 4 is 10.9 Å². The summed E-state index contributed by atoms with van der Waals surface area (Å²) in [4.78, 5) is 7.27. The third-order valence-corrected chi connectivity index (χ3v) is 1.95. The smallest absolute Gasteiger partial charge is 0.0487 e. The van der Waals surface area contributed by atoms with Crippen LogP contribution in [-0.4, -0.2) is 9.97 Å². The number of nitrogens with zero attached hydrogens (tertiary/aromatic N) is 1. The summed E-state index contributed by atoms with van der Waals surface area (Å²) in [6.07, 6.45) is 6.82. The number of pyridine rings is 1. The van der Waals surface area contributed by atoms with Crippen LogP contribution in [0.25, 0.3) is 10.9 Å². The zero-order valence-corrected chi connectivity index (χ0v) is 6.46. The molecule has 0 spiro atoms. The quantitative estimate of drug-likeness (QED) is 0.660. The van der Waals surface area contributed by atoms with Gasteiger partial charge in [0.25, 0.3) is 0 Å². The second-order valence-electron chi connectivity index (χ2n) is 2.59. The summed E-state index contributed by atoms with van der Waals surface area (Å²) >= 11 is 0. The van der Waals surface area contributed by atoms with Crippen LogP contribution in [0.4, 0.5) is 0 Å². The molecule has 2 heteroatoms. The van der Waals surface area contributed by atoms with Gasteiger partial charge in [-0.05, 0) is 18.1 Å². The second-order valence-corrected chi connectivity index (χ2v) is 2.59. The zero-order chi connectivity index (χ0) is 7.68. The molecule has 2 aromatic heterocycles. The number of nitrogens with one attached hydrogen (secondary N) is 1. The number of rotatable bonds is 1. The first-order valence-electron chi connectivity index (χ1n) is 3.82. The van der Waals surface area contributed by atoms with Crippen molar-refractivity contribution in [1.82, 2.24) is 9.97 Å². The van der Waals surface area contributed by atoms with E-state index in [1.807, 2.05) is 18.5 Å². The van der Waals surface area contributed by atoms with Crippen molar-refractivity contribution in [3.05, 3.63) is 30.2 Å². The zero-order valence-electron chi connectivity index (χ0n) is 6.46. The van der Waals surface area contributed by atoms with Gasteiger partial charge in [0.05, 0.1) is 0 Å². The molecule has 0 saturated heterocycles. The monoisotopic (exact) mass is 148 g/mol. The summed E-state index contributed by atoms with van der Waals surface area (Å²) in [5, 5.41) is 1.25. The lowest BCUT2D eigenvalue weighted by molar-refractivity contribution is 1.15. The maximum Gasteiger partial charge on any atom is 0.0487 e. The van der Waals surface area contributed by atoms with Gasteiger partial charge in [-0.25, -0.2) is 0 Å². The number of aryl methyl sites for hydroxylation is 1. The fourth-order valence-corrected chi connectivity index (χ4v) is 1.31. The molecular formula is C9H12N2. The summed E-state index contributed by atoms with van der Waals surface area (Å²) in [5.41, 5.74) is 2.52. The minimum atomic E-state index is 0. The highest BCUT2D eigenvalue weighted by Gasteiger charge is 1.98. The summed E-state index contributed by atoms with van der Waals surface area (Å²) in [7, 11) is 0. The van der Waals surface area contributed by atoms with Crippen LogP contribution < -0.4 is 0 Å². The molecule has 0 saturated carbocycles. The molecular weight excluding hydrogens is 136 g/mol. The molecule has 0 atom stereocenters. The Morgan fingerprint density at radius 3 is 3.36 bits per heavy atom. The predicted molar refractivity (Wildman–Crippen MR) is 47.6 cm³/mol. The molecule has 0 unspecified atom stereocenters. The van der Waals surface area contributed by atoms with Crippen LogP contribution in [-0.2, 0) is 6.42 Å². The van der Waals surface area contributed by atoms with Crippen LogP contribution in [0.2, 0.25) is 0 Å². The fraction of sp³-hybridized carbons (Fsp3) is 0.222. The van der Waals surface area contributed by atoms with Crippen molar-refractivity contribution in [3.63, 3.8) is 0 Å². The highest BCUT2D eigenvalue weighted by atomic mass is 14.7. The lowest BCUT2D eigenvalue weighted by atomic mass is 10.2. The Labute approximate surface area is 66.8 Å². The Balaban J connectivity index is 0.000000720. The van der Waals surface area contributed by atoms with Gasteiger partial charge in [-0.3, -0.25) is 4.98 Å². The average Bonchev–Trinajstić information content (AvgIpc) is 2.47. The number of H-pyrrole nitrogens is 1. The van der Waals surface area contributed by atoms with E-state index in [9.17, 15) is 0 Å². The van der Waals surface area contributed by atoms with Crippen LogP contribution >= 0.6 is 0 Å². The molecule has 0 aliphatic heterocycles. The normalized spacial score (nSPS) is 10.6. The van der Waals surface area contributed by atoms with E-state index in [0.29, 0.717) is 0 Å². The molecule has 1 N–H and O–H groups in total. The molecule has 0 fully saturated rings. The van der Waals surface area contributed by atoms with Gasteiger partial charge in [0.2, 0.25) is 0 Å². The second kappa shape index (κ2) is 2.38. The first kappa shape index (κ1) is 6.40. The average molecular weight is 148 g/mol. The maximum absolute atomic E-state index is 4.07. The highest BCUT2D eigenvalue weighted by molar-refractivity contribution is 5.81. The van der Waals surface area contributed by atoms with Crippen molar-refractivity contribution in [3.8, 4) is 0 Å². The predicted octanol–water partition coefficient (Wildman–Crippen LogP) is 2.37. The van der Waals surface area contributed by atoms with E-state index in [2.05, 4.69) is 16.9 Å². The highest BCUT2D eigenvalue weighted by Crippen LogP contribution is 2.16. The third kappa shape index (κ3) is 0.909. The molecule has 2 heterocycles. The summed E-state index contributed by atoms with van der Waals surface area (Å²) in [6.45, 7) is 2.15. The van der Waals surface area contributed by atoms with Crippen LogP contribution in [0.15, 0.2) is 24.7 Å². The van der Waals surface area contributed by atoms with Crippen molar-refractivity contribution in [2.75, 3.05) is 0 Å². The Morgan fingerprint density at radius 2 is 2.55 bits per heavy atom. The largest absolute Gasteiger partial charge is 0.361 e. The standard InChI is InChI=1S/C9H10N2.H2/c1-2-7-5-11-9-3-4-10-6-8(7)9;/h3-6,11H,2H2,1H3;1H. The molecule has 0 radical (unpaired) electrons. The number of hydrogen-bond donors (Lipinski definition) is 1. The third-order valence-electron chi connectivity index (χ3n) is 1.95.